The average Bonchev–Trinajstić information content (AvgIpc) is 2.39. The molecule has 11 heavy (non-hydrogen) atoms. The number of halogens is 2. The molecule has 1 saturated carbocycles. The van der Waals surface area contributed by atoms with Gasteiger partial charge in [-0.05, 0) is 12.2 Å². The van der Waals surface area contributed by atoms with Crippen LogP contribution < -0.4 is 0 Å². The molecule has 1 unspecified atom stereocenters. The summed E-state index contributed by atoms with van der Waals surface area (Å²) in [5, 5.41) is 8.29. The van der Waals surface area contributed by atoms with Gasteiger partial charge in [-0.25, -0.2) is 0 Å². The predicted octanol–water partition coefficient (Wildman–Crippen LogP) is 2.00. The number of hydrogen-bond acceptors (Lipinski definition) is 2. The van der Waals surface area contributed by atoms with Crippen LogP contribution >= 0.6 is 35.0 Å². The summed E-state index contributed by atoms with van der Waals surface area (Å²) in [5.41, 5.74) is 0. The van der Waals surface area contributed by atoms with Crippen molar-refractivity contribution in [2.45, 2.75) is 10.8 Å². The molecule has 64 valence electrons. The highest BCUT2D eigenvalue weighted by Gasteiger charge is 2.51. The van der Waals surface area contributed by atoms with E-state index in [9.17, 15) is 4.79 Å². The van der Waals surface area contributed by atoms with Gasteiger partial charge in [0.25, 0.3) is 0 Å². The van der Waals surface area contributed by atoms with E-state index in [1.54, 1.807) is 0 Å². The maximum atomic E-state index is 10.1. The molecule has 1 aliphatic carbocycles. The number of rotatable bonds is 4. The standard InChI is InChI=1S/C6H8Cl2O2S/c7-6(8)1-4(6)2-11-3-5(9)10/h4H,1-3H2,(H,9,10). The third kappa shape index (κ3) is 3.09. The second-order valence-corrected chi connectivity index (χ2v) is 5.14. The van der Waals surface area contributed by atoms with Crippen LogP contribution in [0.5, 0.6) is 0 Å². The molecule has 0 bridgehead atoms. The first kappa shape index (κ1) is 9.49. The van der Waals surface area contributed by atoms with E-state index in [1.165, 1.54) is 11.8 Å². The van der Waals surface area contributed by atoms with Gasteiger partial charge in [0.2, 0.25) is 0 Å². The molecule has 1 fully saturated rings. The van der Waals surface area contributed by atoms with Gasteiger partial charge in [-0.15, -0.1) is 35.0 Å². The molecule has 1 rings (SSSR count). The smallest absolute Gasteiger partial charge is 0.313 e. The predicted molar refractivity (Wildman–Crippen MR) is 47.5 cm³/mol. The second kappa shape index (κ2) is 3.42. The SMILES string of the molecule is O=C(O)CSCC1CC1(Cl)Cl. The number of thioether (sulfide) groups is 1. The van der Waals surface area contributed by atoms with Gasteiger partial charge in [0.05, 0.1) is 5.75 Å². The molecule has 0 aromatic carbocycles. The van der Waals surface area contributed by atoms with Gasteiger partial charge in [-0.1, -0.05) is 0 Å². The van der Waals surface area contributed by atoms with E-state index in [0.29, 0.717) is 0 Å². The van der Waals surface area contributed by atoms with Crippen molar-refractivity contribution in [2.75, 3.05) is 11.5 Å². The lowest BCUT2D eigenvalue weighted by Gasteiger charge is -1.97. The van der Waals surface area contributed by atoms with Crippen LogP contribution in [0, 0.1) is 5.92 Å². The van der Waals surface area contributed by atoms with Crippen LogP contribution in [0.2, 0.25) is 0 Å². The maximum Gasteiger partial charge on any atom is 0.313 e. The Morgan fingerprint density at radius 2 is 2.27 bits per heavy atom. The highest BCUT2D eigenvalue weighted by Crippen LogP contribution is 2.54. The van der Waals surface area contributed by atoms with E-state index in [1.807, 2.05) is 0 Å². The summed E-state index contributed by atoms with van der Waals surface area (Å²) in [6, 6.07) is 0. The van der Waals surface area contributed by atoms with E-state index >= 15 is 0 Å². The van der Waals surface area contributed by atoms with Crippen LogP contribution in [0.25, 0.3) is 0 Å². The van der Waals surface area contributed by atoms with Crippen LogP contribution in [-0.2, 0) is 4.79 Å². The molecule has 1 atom stereocenters. The summed E-state index contributed by atoms with van der Waals surface area (Å²) in [5.74, 6) is 0.389. The van der Waals surface area contributed by atoms with Gasteiger partial charge in [0.1, 0.15) is 4.33 Å². The van der Waals surface area contributed by atoms with Gasteiger partial charge >= 0.3 is 5.97 Å². The third-order valence-corrected chi connectivity index (χ3v) is 3.52. The topological polar surface area (TPSA) is 37.3 Å². The molecule has 0 spiro atoms. The summed E-state index contributed by atoms with van der Waals surface area (Å²) in [6.45, 7) is 0. The van der Waals surface area contributed by atoms with E-state index < -0.39 is 10.3 Å². The largest absolute Gasteiger partial charge is 0.481 e. The fourth-order valence-electron chi connectivity index (χ4n) is 0.739. The van der Waals surface area contributed by atoms with Gasteiger partial charge < -0.3 is 5.11 Å². The highest BCUT2D eigenvalue weighted by molar-refractivity contribution is 7.99. The highest BCUT2D eigenvalue weighted by atomic mass is 35.5. The van der Waals surface area contributed by atoms with Crippen molar-refractivity contribution >= 4 is 40.9 Å². The molecular formula is C6H8Cl2O2S. The molecular weight excluding hydrogens is 207 g/mol. The Morgan fingerprint density at radius 1 is 1.73 bits per heavy atom. The summed E-state index contributed by atoms with van der Waals surface area (Å²) >= 11 is 12.8. The Balaban J connectivity index is 2.02. The van der Waals surface area contributed by atoms with E-state index in [4.69, 9.17) is 28.3 Å². The number of carboxylic acids is 1. The molecule has 0 amide bonds. The number of carbonyl (C=O) groups is 1. The van der Waals surface area contributed by atoms with Crippen molar-refractivity contribution in [3.63, 3.8) is 0 Å². The zero-order chi connectivity index (χ0) is 8.48. The minimum Gasteiger partial charge on any atom is -0.481 e. The minimum atomic E-state index is -0.787. The van der Waals surface area contributed by atoms with Crippen molar-refractivity contribution in [1.82, 2.24) is 0 Å². The van der Waals surface area contributed by atoms with Crippen molar-refractivity contribution < 1.29 is 9.90 Å². The third-order valence-electron chi connectivity index (χ3n) is 1.50. The summed E-state index contributed by atoms with van der Waals surface area (Å²) in [6.07, 6.45) is 0.794. The van der Waals surface area contributed by atoms with Gasteiger partial charge in [0, 0.05) is 5.92 Å². The number of aliphatic carboxylic acids is 1. The summed E-state index contributed by atoms with van der Waals surface area (Å²) < 4.78 is -0.564. The Kier molecular flexibility index (Phi) is 2.95. The summed E-state index contributed by atoms with van der Waals surface area (Å²) in [4.78, 5) is 10.1. The lowest BCUT2D eigenvalue weighted by Crippen LogP contribution is -2.01. The maximum absolute atomic E-state index is 10.1. The van der Waals surface area contributed by atoms with Crippen molar-refractivity contribution in [3.05, 3.63) is 0 Å². The van der Waals surface area contributed by atoms with Crippen molar-refractivity contribution in [3.8, 4) is 0 Å². The molecule has 0 heterocycles. The Morgan fingerprint density at radius 3 is 2.64 bits per heavy atom. The lowest BCUT2D eigenvalue weighted by molar-refractivity contribution is -0.133. The molecule has 5 heteroatoms. The monoisotopic (exact) mass is 214 g/mol. The van der Waals surface area contributed by atoms with Crippen molar-refractivity contribution in [2.24, 2.45) is 5.92 Å². The molecule has 0 aromatic rings. The van der Waals surface area contributed by atoms with E-state index in [0.717, 1.165) is 12.2 Å². The number of carboxylic acid groups (broad SMARTS) is 1. The molecule has 0 radical (unpaired) electrons. The first-order valence-electron chi connectivity index (χ1n) is 3.20. The van der Waals surface area contributed by atoms with Crippen LogP contribution in [0.4, 0.5) is 0 Å². The quantitative estimate of drug-likeness (QED) is 0.728. The van der Waals surface area contributed by atoms with Crippen molar-refractivity contribution in [1.29, 1.82) is 0 Å². The first-order chi connectivity index (χ1) is 5.02. The zero-order valence-corrected chi connectivity index (χ0v) is 8.05. The minimum absolute atomic E-state index is 0.139. The van der Waals surface area contributed by atoms with E-state index in [2.05, 4.69) is 0 Å². The van der Waals surface area contributed by atoms with Crippen LogP contribution in [0.15, 0.2) is 0 Å². The molecule has 2 nitrogen and oxygen atoms in total. The summed E-state index contributed by atoms with van der Waals surface area (Å²) in [7, 11) is 0. The normalized spacial score (nSPS) is 26.5. The molecule has 1 aliphatic rings. The number of hydrogen-bond donors (Lipinski definition) is 1. The molecule has 1 N–H and O–H groups in total. The number of alkyl halides is 2. The Labute approximate surface area is 79.2 Å². The molecule has 0 aliphatic heterocycles. The van der Waals surface area contributed by atoms with Gasteiger partial charge in [-0.2, -0.15) is 0 Å². The molecule has 0 aromatic heterocycles. The Bertz CT molecular complexity index is 172. The molecule has 0 saturated heterocycles. The average molecular weight is 215 g/mol. The van der Waals surface area contributed by atoms with Gasteiger partial charge in [-0.3, -0.25) is 4.79 Å². The first-order valence-corrected chi connectivity index (χ1v) is 5.11. The van der Waals surface area contributed by atoms with Crippen LogP contribution in [0.1, 0.15) is 6.42 Å². The fraction of sp³-hybridized carbons (Fsp3) is 0.833. The van der Waals surface area contributed by atoms with Crippen LogP contribution in [0.3, 0.4) is 0 Å². The van der Waals surface area contributed by atoms with E-state index in [-0.39, 0.29) is 11.7 Å². The fourth-order valence-corrected chi connectivity index (χ4v) is 2.43. The second-order valence-electron chi connectivity index (χ2n) is 2.57. The van der Waals surface area contributed by atoms with Crippen LogP contribution in [-0.4, -0.2) is 26.9 Å². The van der Waals surface area contributed by atoms with Gasteiger partial charge in [0.15, 0.2) is 0 Å². The Hall–Kier alpha value is 0.400. The zero-order valence-electron chi connectivity index (χ0n) is 5.72. The lowest BCUT2D eigenvalue weighted by atomic mass is 10.5.